The summed E-state index contributed by atoms with van der Waals surface area (Å²) >= 11 is 1.23. The summed E-state index contributed by atoms with van der Waals surface area (Å²) in [6.45, 7) is 1.68. The number of thioether (sulfide) groups is 1. The van der Waals surface area contributed by atoms with Crippen LogP contribution in [0.2, 0.25) is 0 Å². The predicted molar refractivity (Wildman–Crippen MR) is 169 cm³/mol. The monoisotopic (exact) mass is 607 g/mol. The van der Waals surface area contributed by atoms with E-state index in [1.54, 1.807) is 12.1 Å². The van der Waals surface area contributed by atoms with Crippen molar-refractivity contribution in [3.63, 3.8) is 0 Å². The molecule has 0 aliphatic carbocycles. The Morgan fingerprint density at radius 2 is 1.52 bits per heavy atom. The van der Waals surface area contributed by atoms with Crippen molar-refractivity contribution in [2.24, 2.45) is 5.73 Å². The molecule has 0 aliphatic heterocycles. The SMILES string of the molecule is Cc1cccc(C[C@H](N)C(=O)N(C(=O)C(c2ccccc2)c2ccccc2)C(C#N)COCSc2cccc(C(=O)O)c2)c1. The molecule has 4 rings (SSSR count). The summed E-state index contributed by atoms with van der Waals surface area (Å²) in [7, 11) is 0. The molecule has 44 heavy (non-hydrogen) atoms. The Labute approximate surface area is 261 Å². The fraction of sp³-hybridized carbons (Fsp3) is 0.200. The lowest BCUT2D eigenvalue weighted by Gasteiger charge is -2.31. The molecule has 8 nitrogen and oxygen atoms in total. The number of hydrogen-bond acceptors (Lipinski definition) is 7. The molecule has 3 N–H and O–H groups in total. The van der Waals surface area contributed by atoms with Crippen LogP contribution in [0.15, 0.2) is 114 Å². The second-order valence-electron chi connectivity index (χ2n) is 10.2. The number of nitriles is 1. The number of imide groups is 1. The number of ether oxygens (including phenoxy) is 1. The summed E-state index contributed by atoms with van der Waals surface area (Å²) < 4.78 is 5.78. The molecule has 0 heterocycles. The van der Waals surface area contributed by atoms with Gasteiger partial charge in [-0.15, -0.1) is 0 Å². The standard InChI is InChI=1S/C35H33N3O5S/c1-24-10-8-11-25(18-24)19-31(37)33(39)38(29(21-36)22-43-23-44-30-17-9-16-28(20-30)35(41)42)34(40)32(26-12-4-2-5-13-26)27-14-6-3-7-15-27/h2-18,20,29,31-32H,19,22-23,37H2,1H3,(H,41,42)/t29?,31-/m0/s1. The summed E-state index contributed by atoms with van der Waals surface area (Å²) in [4.78, 5) is 41.4. The van der Waals surface area contributed by atoms with Crippen LogP contribution in [-0.4, -0.2) is 52.4 Å². The maximum atomic E-state index is 14.4. The van der Waals surface area contributed by atoms with E-state index in [0.29, 0.717) is 16.0 Å². The maximum Gasteiger partial charge on any atom is 0.335 e. The van der Waals surface area contributed by atoms with Crippen LogP contribution in [0.5, 0.6) is 0 Å². The van der Waals surface area contributed by atoms with E-state index in [2.05, 4.69) is 6.07 Å². The molecule has 224 valence electrons. The highest BCUT2D eigenvalue weighted by Gasteiger charge is 2.38. The first-order valence-corrected chi connectivity index (χ1v) is 15.0. The summed E-state index contributed by atoms with van der Waals surface area (Å²) in [5.41, 5.74) is 9.76. The molecule has 4 aromatic rings. The van der Waals surface area contributed by atoms with Gasteiger partial charge in [-0.25, -0.2) is 4.79 Å². The van der Waals surface area contributed by atoms with Gasteiger partial charge in [0, 0.05) is 4.90 Å². The van der Waals surface area contributed by atoms with Crippen molar-refractivity contribution in [1.82, 2.24) is 4.90 Å². The third-order valence-corrected chi connectivity index (χ3v) is 7.84. The van der Waals surface area contributed by atoms with Crippen LogP contribution in [-0.2, 0) is 20.7 Å². The minimum Gasteiger partial charge on any atom is -0.478 e. The van der Waals surface area contributed by atoms with Crippen LogP contribution in [0.1, 0.15) is 38.5 Å². The van der Waals surface area contributed by atoms with Gasteiger partial charge in [0.2, 0.25) is 11.8 Å². The number of rotatable bonds is 13. The fourth-order valence-electron chi connectivity index (χ4n) is 4.84. The van der Waals surface area contributed by atoms with E-state index < -0.39 is 35.8 Å². The number of benzene rings is 4. The predicted octanol–water partition coefficient (Wildman–Crippen LogP) is 5.41. The number of nitrogens with two attached hydrogens (primary N) is 1. The number of carboxylic acids is 1. The van der Waals surface area contributed by atoms with Crippen molar-refractivity contribution in [2.75, 3.05) is 12.5 Å². The molecule has 2 atom stereocenters. The Bertz CT molecular complexity index is 1580. The molecular weight excluding hydrogens is 574 g/mol. The first-order chi connectivity index (χ1) is 21.3. The Morgan fingerprint density at radius 3 is 2.11 bits per heavy atom. The molecule has 9 heteroatoms. The Balaban J connectivity index is 1.61. The Hall–Kier alpha value is -4.75. The van der Waals surface area contributed by atoms with Crippen molar-refractivity contribution in [1.29, 1.82) is 5.26 Å². The zero-order chi connectivity index (χ0) is 31.5. The van der Waals surface area contributed by atoms with Crippen molar-refractivity contribution in [3.8, 4) is 6.07 Å². The van der Waals surface area contributed by atoms with Crippen LogP contribution < -0.4 is 5.73 Å². The van der Waals surface area contributed by atoms with E-state index in [1.807, 2.05) is 91.9 Å². The molecule has 1 unspecified atom stereocenters. The van der Waals surface area contributed by atoms with E-state index in [1.165, 1.54) is 23.9 Å². The van der Waals surface area contributed by atoms with E-state index in [0.717, 1.165) is 16.0 Å². The van der Waals surface area contributed by atoms with Crippen LogP contribution in [0.25, 0.3) is 0 Å². The molecule has 0 saturated carbocycles. The summed E-state index contributed by atoms with van der Waals surface area (Å²) in [6.07, 6.45) is 0.181. The summed E-state index contributed by atoms with van der Waals surface area (Å²) in [5.74, 6) is -3.10. The minimum atomic E-state index is -1.26. The molecule has 0 radical (unpaired) electrons. The first kappa shape index (κ1) is 32.2. The van der Waals surface area contributed by atoms with Crippen LogP contribution in [0.4, 0.5) is 0 Å². The van der Waals surface area contributed by atoms with Gasteiger partial charge in [0.1, 0.15) is 6.04 Å². The van der Waals surface area contributed by atoms with Gasteiger partial charge in [-0.3, -0.25) is 14.5 Å². The molecule has 4 aromatic carbocycles. The smallest absolute Gasteiger partial charge is 0.335 e. The second kappa shape index (κ2) is 15.6. The molecule has 0 spiro atoms. The van der Waals surface area contributed by atoms with Crippen molar-refractivity contribution in [2.45, 2.75) is 36.2 Å². The van der Waals surface area contributed by atoms with Gasteiger partial charge in [-0.05, 0) is 48.2 Å². The quantitative estimate of drug-likeness (QED) is 0.117. The number of nitrogens with zero attached hydrogens (tertiary/aromatic N) is 2. The van der Waals surface area contributed by atoms with Gasteiger partial charge < -0.3 is 15.6 Å². The zero-order valence-electron chi connectivity index (χ0n) is 24.2. The summed E-state index contributed by atoms with van der Waals surface area (Å²) in [5, 5.41) is 19.5. The molecule has 0 aromatic heterocycles. The topological polar surface area (TPSA) is 134 Å². The number of carbonyl (C=O) groups excluding carboxylic acids is 2. The van der Waals surface area contributed by atoms with Gasteiger partial charge in [0.05, 0.1) is 36.1 Å². The molecule has 0 saturated heterocycles. The summed E-state index contributed by atoms with van der Waals surface area (Å²) in [6, 6.07) is 31.9. The van der Waals surface area contributed by atoms with Gasteiger partial charge in [0.25, 0.3) is 0 Å². The van der Waals surface area contributed by atoms with Gasteiger partial charge in [0.15, 0.2) is 0 Å². The van der Waals surface area contributed by atoms with Crippen molar-refractivity contribution >= 4 is 29.5 Å². The first-order valence-electron chi connectivity index (χ1n) is 14.0. The largest absolute Gasteiger partial charge is 0.478 e. The van der Waals surface area contributed by atoms with E-state index >= 15 is 0 Å². The minimum absolute atomic E-state index is 0.0631. The lowest BCUT2D eigenvalue weighted by atomic mass is 9.89. The van der Waals surface area contributed by atoms with E-state index in [-0.39, 0.29) is 24.5 Å². The van der Waals surface area contributed by atoms with Crippen molar-refractivity contribution in [3.05, 3.63) is 137 Å². The third-order valence-electron chi connectivity index (χ3n) is 6.97. The zero-order valence-corrected chi connectivity index (χ0v) is 25.0. The molecule has 2 amide bonds. The number of hydrogen-bond donors (Lipinski definition) is 2. The lowest BCUT2D eigenvalue weighted by Crippen LogP contribution is -2.54. The third kappa shape index (κ3) is 8.42. The fourth-order valence-corrected chi connectivity index (χ4v) is 5.54. The number of carboxylic acid groups (broad SMARTS) is 1. The van der Waals surface area contributed by atoms with Crippen LogP contribution in [0, 0.1) is 18.3 Å². The van der Waals surface area contributed by atoms with Crippen molar-refractivity contribution < 1.29 is 24.2 Å². The Kier molecular flexibility index (Phi) is 11.4. The van der Waals surface area contributed by atoms with Gasteiger partial charge in [-0.1, -0.05) is 108 Å². The molecule has 0 aliphatic rings. The number of carbonyl (C=O) groups is 3. The van der Waals surface area contributed by atoms with Crippen LogP contribution >= 0.6 is 11.8 Å². The van der Waals surface area contributed by atoms with Gasteiger partial charge >= 0.3 is 5.97 Å². The number of aryl methyl sites for hydroxylation is 1. The van der Waals surface area contributed by atoms with Gasteiger partial charge in [-0.2, -0.15) is 5.26 Å². The molecule has 0 bridgehead atoms. The number of aromatic carboxylic acids is 1. The van der Waals surface area contributed by atoms with E-state index in [9.17, 15) is 24.8 Å². The highest BCUT2D eigenvalue weighted by Crippen LogP contribution is 2.29. The second-order valence-corrected chi connectivity index (χ2v) is 11.2. The molecule has 0 fully saturated rings. The average Bonchev–Trinajstić information content (AvgIpc) is 3.03. The highest BCUT2D eigenvalue weighted by atomic mass is 32.2. The Morgan fingerprint density at radius 1 is 0.886 bits per heavy atom. The normalized spacial score (nSPS) is 12.2. The molecular formula is C35H33N3O5S. The maximum absolute atomic E-state index is 14.4. The van der Waals surface area contributed by atoms with Crippen LogP contribution in [0.3, 0.4) is 0 Å². The average molecular weight is 608 g/mol. The number of amides is 2. The highest BCUT2D eigenvalue weighted by molar-refractivity contribution is 7.99. The lowest BCUT2D eigenvalue weighted by molar-refractivity contribution is -0.148. The van der Waals surface area contributed by atoms with E-state index in [4.69, 9.17) is 10.5 Å².